The number of carbonyl (C=O) groups is 1. The number of alkyl halides is 3. The molecule has 0 aliphatic rings. The summed E-state index contributed by atoms with van der Waals surface area (Å²) in [4.78, 5) is 15.4. The summed E-state index contributed by atoms with van der Waals surface area (Å²) in [5, 5.41) is 9.43. The van der Waals surface area contributed by atoms with Crippen LogP contribution in [0.4, 0.5) is 22.0 Å². The molecule has 10 heteroatoms. The number of hydrogen-bond acceptors (Lipinski definition) is 3. The number of carboxylic acid groups (broad SMARTS) is 1. The Morgan fingerprint density at radius 1 is 1.11 bits per heavy atom. The largest absolute Gasteiger partial charge is 0.477 e. The van der Waals surface area contributed by atoms with Crippen molar-refractivity contribution in [3.05, 3.63) is 77.1 Å². The Hall–Kier alpha value is -2.88. The van der Waals surface area contributed by atoms with Gasteiger partial charge in [-0.2, -0.15) is 13.2 Å². The molecule has 0 aliphatic heterocycles. The first-order valence-corrected chi connectivity index (χ1v) is 8.71. The number of aromatic nitrogens is 2. The van der Waals surface area contributed by atoms with Crippen molar-refractivity contribution in [1.29, 1.82) is 0 Å². The molecule has 0 fully saturated rings. The van der Waals surface area contributed by atoms with E-state index < -0.39 is 29.3 Å². The van der Waals surface area contributed by atoms with E-state index in [4.69, 9.17) is 0 Å². The van der Waals surface area contributed by atoms with E-state index in [-0.39, 0.29) is 22.2 Å². The molecular weight excluding hydrogens is 403 g/mol. The first kappa shape index (κ1) is 19.9. The average molecular weight is 414 g/mol. The Labute approximate surface area is 159 Å². The average Bonchev–Trinajstić information content (AvgIpc) is 3.05. The van der Waals surface area contributed by atoms with Gasteiger partial charge in [-0.25, -0.2) is 18.6 Å². The van der Waals surface area contributed by atoms with Crippen LogP contribution in [0.2, 0.25) is 0 Å². The minimum absolute atomic E-state index is 0.112. The van der Waals surface area contributed by atoms with E-state index in [1.807, 2.05) is 0 Å². The Kier molecular flexibility index (Phi) is 5.41. The second-order valence-electron chi connectivity index (χ2n) is 5.61. The molecule has 0 saturated carbocycles. The third kappa shape index (κ3) is 4.01. The van der Waals surface area contributed by atoms with Gasteiger partial charge in [-0.1, -0.05) is 23.9 Å². The van der Waals surface area contributed by atoms with Gasteiger partial charge < -0.3 is 5.11 Å². The maximum Gasteiger partial charge on any atom is 0.419 e. The molecule has 3 rings (SSSR count). The van der Waals surface area contributed by atoms with Crippen LogP contribution in [-0.4, -0.2) is 20.6 Å². The molecule has 2 aromatic carbocycles. The molecule has 3 aromatic rings. The Bertz CT molecular complexity index is 1020. The summed E-state index contributed by atoms with van der Waals surface area (Å²) in [6.07, 6.45) is -3.76. The molecular formula is C18H11F5N2O2S. The van der Waals surface area contributed by atoms with Gasteiger partial charge in [-0.3, -0.25) is 4.57 Å². The maximum absolute atomic E-state index is 14.2. The molecule has 4 nitrogen and oxygen atoms in total. The van der Waals surface area contributed by atoms with Gasteiger partial charge in [0.15, 0.2) is 10.9 Å². The highest BCUT2D eigenvalue weighted by Gasteiger charge is 2.34. The highest BCUT2D eigenvalue weighted by Crippen LogP contribution is 2.34. The summed E-state index contributed by atoms with van der Waals surface area (Å²) in [6.45, 7) is 0. The molecule has 28 heavy (non-hydrogen) atoms. The van der Waals surface area contributed by atoms with Crippen molar-refractivity contribution in [3.8, 4) is 5.69 Å². The third-order valence-electron chi connectivity index (χ3n) is 3.77. The van der Waals surface area contributed by atoms with Gasteiger partial charge in [0.2, 0.25) is 0 Å². The molecule has 0 aliphatic carbocycles. The number of hydrogen-bond donors (Lipinski definition) is 1. The van der Waals surface area contributed by atoms with Gasteiger partial charge in [0.05, 0.1) is 11.8 Å². The topological polar surface area (TPSA) is 55.1 Å². The number of benzene rings is 2. The highest BCUT2D eigenvalue weighted by atomic mass is 32.2. The molecule has 0 unspecified atom stereocenters. The lowest BCUT2D eigenvalue weighted by Crippen LogP contribution is -2.10. The lowest BCUT2D eigenvalue weighted by Gasteiger charge is -2.12. The van der Waals surface area contributed by atoms with E-state index in [0.717, 1.165) is 36.2 Å². The van der Waals surface area contributed by atoms with Crippen LogP contribution in [0, 0.1) is 11.6 Å². The number of thioether (sulfide) groups is 1. The van der Waals surface area contributed by atoms with E-state index in [2.05, 4.69) is 4.98 Å². The lowest BCUT2D eigenvalue weighted by molar-refractivity contribution is -0.140. The van der Waals surface area contributed by atoms with Crippen LogP contribution in [0.3, 0.4) is 0 Å². The zero-order valence-electron chi connectivity index (χ0n) is 13.9. The molecule has 1 aromatic heterocycles. The Morgan fingerprint density at radius 3 is 2.39 bits per heavy atom. The highest BCUT2D eigenvalue weighted by molar-refractivity contribution is 7.98. The summed E-state index contributed by atoms with van der Waals surface area (Å²) in [5.41, 5.74) is -1.51. The molecule has 0 spiro atoms. The van der Waals surface area contributed by atoms with E-state index in [9.17, 15) is 31.9 Å². The summed E-state index contributed by atoms with van der Waals surface area (Å²) in [5.74, 6) is -3.43. The van der Waals surface area contributed by atoms with Crippen molar-refractivity contribution in [2.75, 3.05) is 0 Å². The standard InChI is InChI=1S/C18H11F5N2O2S/c19-11-4-6-12(7-5-11)25-14(16(26)27)8-24-17(25)28-9-10-2-1-3-13(15(10)20)18(21,22)23/h1-8H,9H2,(H,26,27). The van der Waals surface area contributed by atoms with Crippen molar-refractivity contribution < 1.29 is 31.9 Å². The molecule has 0 radical (unpaired) electrons. The van der Waals surface area contributed by atoms with E-state index in [1.165, 1.54) is 22.8 Å². The second-order valence-corrected chi connectivity index (χ2v) is 6.55. The third-order valence-corrected chi connectivity index (χ3v) is 4.78. The van der Waals surface area contributed by atoms with E-state index >= 15 is 0 Å². The van der Waals surface area contributed by atoms with Crippen LogP contribution in [0.1, 0.15) is 21.6 Å². The van der Waals surface area contributed by atoms with Crippen LogP contribution in [0.15, 0.2) is 53.8 Å². The maximum atomic E-state index is 14.2. The fourth-order valence-electron chi connectivity index (χ4n) is 2.48. The normalized spacial score (nSPS) is 11.6. The predicted molar refractivity (Wildman–Crippen MR) is 91.4 cm³/mol. The van der Waals surface area contributed by atoms with Crippen molar-refractivity contribution in [2.24, 2.45) is 0 Å². The summed E-state index contributed by atoms with van der Waals surface area (Å²) < 4.78 is 67.1. The van der Waals surface area contributed by atoms with Gasteiger partial charge >= 0.3 is 12.1 Å². The number of nitrogens with zero attached hydrogens (tertiary/aromatic N) is 2. The quantitative estimate of drug-likeness (QED) is 0.463. The Balaban J connectivity index is 1.94. The fourth-order valence-corrected chi connectivity index (χ4v) is 3.45. The monoisotopic (exact) mass is 414 g/mol. The van der Waals surface area contributed by atoms with Gasteiger partial charge in [0.25, 0.3) is 0 Å². The van der Waals surface area contributed by atoms with Crippen LogP contribution in [-0.2, 0) is 11.9 Å². The first-order chi connectivity index (χ1) is 13.2. The molecule has 0 bridgehead atoms. The van der Waals surface area contributed by atoms with Crippen molar-refractivity contribution in [2.45, 2.75) is 17.1 Å². The smallest absolute Gasteiger partial charge is 0.419 e. The van der Waals surface area contributed by atoms with Crippen LogP contribution in [0.25, 0.3) is 5.69 Å². The van der Waals surface area contributed by atoms with Crippen molar-refractivity contribution >= 4 is 17.7 Å². The van der Waals surface area contributed by atoms with Crippen molar-refractivity contribution in [3.63, 3.8) is 0 Å². The van der Waals surface area contributed by atoms with Gasteiger partial charge in [-0.05, 0) is 35.9 Å². The molecule has 1 N–H and O–H groups in total. The van der Waals surface area contributed by atoms with Crippen LogP contribution < -0.4 is 0 Å². The lowest BCUT2D eigenvalue weighted by atomic mass is 10.1. The van der Waals surface area contributed by atoms with Crippen molar-refractivity contribution in [1.82, 2.24) is 9.55 Å². The van der Waals surface area contributed by atoms with Gasteiger partial charge in [0, 0.05) is 11.4 Å². The SMILES string of the molecule is O=C(O)c1cnc(SCc2cccc(C(F)(F)F)c2F)n1-c1ccc(F)cc1. The number of rotatable bonds is 5. The number of imidazole rings is 1. The first-order valence-electron chi connectivity index (χ1n) is 7.73. The molecule has 0 atom stereocenters. The summed E-state index contributed by atoms with van der Waals surface area (Å²) >= 11 is 0.858. The van der Waals surface area contributed by atoms with Gasteiger partial charge in [-0.15, -0.1) is 0 Å². The fraction of sp³-hybridized carbons (Fsp3) is 0.111. The van der Waals surface area contributed by atoms with Gasteiger partial charge in [0.1, 0.15) is 11.6 Å². The zero-order chi connectivity index (χ0) is 20.5. The van der Waals surface area contributed by atoms with Crippen LogP contribution >= 0.6 is 11.8 Å². The number of aromatic carboxylic acids is 1. The van der Waals surface area contributed by atoms with E-state index in [1.54, 1.807) is 0 Å². The Morgan fingerprint density at radius 2 is 1.79 bits per heavy atom. The predicted octanol–water partition coefficient (Wildman–Crippen LogP) is 5.16. The summed E-state index contributed by atoms with van der Waals surface area (Å²) in [6, 6.07) is 7.86. The second kappa shape index (κ2) is 7.63. The number of carboxylic acids is 1. The zero-order valence-corrected chi connectivity index (χ0v) is 14.7. The molecule has 0 amide bonds. The van der Waals surface area contributed by atoms with E-state index in [0.29, 0.717) is 11.8 Å². The van der Waals surface area contributed by atoms with Crippen LogP contribution in [0.5, 0.6) is 0 Å². The summed E-state index contributed by atoms with van der Waals surface area (Å²) in [7, 11) is 0. The minimum Gasteiger partial charge on any atom is -0.477 e. The minimum atomic E-state index is -4.83. The molecule has 1 heterocycles. The molecule has 146 valence electrons. The molecule has 0 saturated heterocycles. The number of halogens is 5.